The third-order valence-corrected chi connectivity index (χ3v) is 5.80. The summed E-state index contributed by atoms with van der Waals surface area (Å²) in [5.74, 6) is 0.425. The number of aryl methyl sites for hydroxylation is 1. The number of anilines is 1. The van der Waals surface area contributed by atoms with Gasteiger partial charge in [-0.2, -0.15) is 0 Å². The molecule has 4 rings (SSSR count). The van der Waals surface area contributed by atoms with Gasteiger partial charge in [0.05, 0.1) is 4.92 Å². The van der Waals surface area contributed by atoms with Crippen LogP contribution in [0.3, 0.4) is 0 Å². The number of piperidine rings is 1. The number of benzene rings is 1. The minimum absolute atomic E-state index is 0.0509. The zero-order valence-electron chi connectivity index (χ0n) is 16.3. The summed E-state index contributed by atoms with van der Waals surface area (Å²) in [4.78, 5) is 29.6. The van der Waals surface area contributed by atoms with Crippen molar-refractivity contribution in [2.45, 2.75) is 37.8 Å². The molecule has 1 aliphatic heterocycles. The zero-order chi connectivity index (χ0) is 20.5. The molecule has 154 valence electrons. The van der Waals surface area contributed by atoms with Gasteiger partial charge in [-0.1, -0.05) is 0 Å². The van der Waals surface area contributed by atoms with E-state index in [9.17, 15) is 20.0 Å². The third kappa shape index (κ3) is 4.09. The van der Waals surface area contributed by atoms with Crippen LogP contribution in [-0.2, 0) is 7.05 Å². The Morgan fingerprint density at radius 1 is 1.31 bits per heavy atom. The van der Waals surface area contributed by atoms with Gasteiger partial charge in [-0.05, 0) is 43.7 Å². The van der Waals surface area contributed by atoms with E-state index >= 15 is 0 Å². The molecule has 29 heavy (non-hydrogen) atoms. The van der Waals surface area contributed by atoms with E-state index in [4.69, 9.17) is 0 Å². The molecule has 2 fully saturated rings. The highest BCUT2D eigenvalue weighted by Crippen LogP contribution is 2.35. The van der Waals surface area contributed by atoms with Gasteiger partial charge in [-0.15, -0.1) is 0 Å². The van der Waals surface area contributed by atoms with E-state index in [0.717, 1.165) is 12.8 Å². The number of carbonyl (C=O) groups excluding carboxylic acids is 1. The summed E-state index contributed by atoms with van der Waals surface area (Å²) in [7, 11) is 1.85. The van der Waals surface area contributed by atoms with Gasteiger partial charge in [0, 0.05) is 50.2 Å². The van der Waals surface area contributed by atoms with E-state index in [1.165, 1.54) is 6.07 Å². The van der Waals surface area contributed by atoms with E-state index < -0.39 is 11.0 Å². The molecule has 1 amide bonds. The quantitative estimate of drug-likeness (QED) is 0.568. The molecular formula is C20H25N5O4. The second-order valence-corrected chi connectivity index (χ2v) is 7.87. The number of hydrogen-bond acceptors (Lipinski definition) is 6. The lowest BCUT2D eigenvalue weighted by Gasteiger charge is -2.35. The molecule has 1 aliphatic carbocycles. The molecule has 0 spiro atoms. The highest BCUT2D eigenvalue weighted by molar-refractivity contribution is 5.96. The molecule has 2 N–H and O–H groups in total. The lowest BCUT2D eigenvalue weighted by Crippen LogP contribution is -2.36. The van der Waals surface area contributed by atoms with Crippen LogP contribution >= 0.6 is 0 Å². The average Bonchev–Trinajstić information content (AvgIpc) is 3.44. The number of carbonyl (C=O) groups is 1. The van der Waals surface area contributed by atoms with E-state index in [0.29, 0.717) is 43.0 Å². The van der Waals surface area contributed by atoms with Crippen LogP contribution in [0, 0.1) is 16.0 Å². The van der Waals surface area contributed by atoms with E-state index in [2.05, 4.69) is 10.3 Å². The second-order valence-electron chi connectivity index (χ2n) is 7.87. The van der Waals surface area contributed by atoms with Gasteiger partial charge in [0.15, 0.2) is 0 Å². The molecule has 0 radical (unpaired) electrons. The van der Waals surface area contributed by atoms with E-state index in [1.807, 2.05) is 16.5 Å². The van der Waals surface area contributed by atoms with Crippen molar-refractivity contribution in [3.63, 3.8) is 0 Å². The van der Waals surface area contributed by atoms with Crippen LogP contribution in [0.15, 0.2) is 30.6 Å². The fourth-order valence-electron chi connectivity index (χ4n) is 3.90. The lowest BCUT2D eigenvalue weighted by atomic mass is 9.90. The largest absolute Gasteiger partial charge is 0.385 e. The predicted octanol–water partition coefficient (Wildman–Crippen LogP) is 2.17. The fourth-order valence-corrected chi connectivity index (χ4v) is 3.90. The van der Waals surface area contributed by atoms with Crippen molar-refractivity contribution in [2.75, 3.05) is 18.0 Å². The number of nitro benzene ring substituents is 1. The number of nitrogens with zero attached hydrogens (tertiary/aromatic N) is 4. The summed E-state index contributed by atoms with van der Waals surface area (Å²) in [5.41, 5.74) is 0.770. The Hall–Kier alpha value is -2.94. The SMILES string of the molecule is Cn1ccnc1C(O)C1CCN(c2ccc(C(=O)NC3CC3)cc2[N+](=O)[O-])CC1. The molecule has 2 aromatic rings. The molecule has 1 saturated heterocycles. The summed E-state index contributed by atoms with van der Waals surface area (Å²) < 4.78 is 1.81. The van der Waals surface area contributed by atoms with Crippen molar-refractivity contribution in [2.24, 2.45) is 13.0 Å². The number of hydrogen-bond donors (Lipinski definition) is 2. The molecule has 1 aromatic heterocycles. The molecule has 1 aromatic carbocycles. The van der Waals surface area contributed by atoms with Gasteiger partial charge in [0.25, 0.3) is 11.6 Å². The number of imidazole rings is 1. The Kier molecular flexibility index (Phi) is 5.23. The molecule has 0 bridgehead atoms. The first-order valence-corrected chi connectivity index (χ1v) is 9.93. The Labute approximate surface area is 168 Å². The van der Waals surface area contributed by atoms with Crippen LogP contribution in [0.25, 0.3) is 0 Å². The van der Waals surface area contributed by atoms with Gasteiger partial charge < -0.3 is 19.9 Å². The predicted molar refractivity (Wildman–Crippen MR) is 107 cm³/mol. The van der Waals surface area contributed by atoms with Gasteiger partial charge in [0.2, 0.25) is 0 Å². The zero-order valence-corrected chi connectivity index (χ0v) is 16.3. The first-order chi connectivity index (χ1) is 13.9. The number of amides is 1. The maximum Gasteiger partial charge on any atom is 0.293 e. The van der Waals surface area contributed by atoms with Crippen molar-refractivity contribution in [1.82, 2.24) is 14.9 Å². The molecular weight excluding hydrogens is 374 g/mol. The smallest absolute Gasteiger partial charge is 0.293 e. The molecule has 1 saturated carbocycles. The number of rotatable bonds is 6. The van der Waals surface area contributed by atoms with E-state index in [-0.39, 0.29) is 23.6 Å². The number of nitrogens with one attached hydrogen (secondary N) is 1. The maximum atomic E-state index is 12.2. The molecule has 2 aliphatic rings. The summed E-state index contributed by atoms with van der Waals surface area (Å²) >= 11 is 0. The Balaban J connectivity index is 1.46. The third-order valence-electron chi connectivity index (χ3n) is 5.80. The van der Waals surface area contributed by atoms with Crippen molar-refractivity contribution in [3.8, 4) is 0 Å². The summed E-state index contributed by atoms with van der Waals surface area (Å²) in [5, 5.41) is 25.1. The van der Waals surface area contributed by atoms with Crippen molar-refractivity contribution >= 4 is 17.3 Å². The topological polar surface area (TPSA) is 114 Å². The lowest BCUT2D eigenvalue weighted by molar-refractivity contribution is -0.384. The van der Waals surface area contributed by atoms with Crippen LogP contribution in [0.1, 0.15) is 48.0 Å². The fraction of sp³-hybridized carbons (Fsp3) is 0.500. The first kappa shape index (κ1) is 19.4. The van der Waals surface area contributed by atoms with Crippen molar-refractivity contribution in [3.05, 3.63) is 52.1 Å². The summed E-state index contributed by atoms with van der Waals surface area (Å²) in [6, 6.07) is 4.87. The van der Waals surface area contributed by atoms with Gasteiger partial charge in [0.1, 0.15) is 17.6 Å². The average molecular weight is 399 g/mol. The number of aromatic nitrogens is 2. The number of aliphatic hydroxyl groups excluding tert-OH is 1. The Morgan fingerprint density at radius 3 is 2.62 bits per heavy atom. The Morgan fingerprint density at radius 2 is 2.03 bits per heavy atom. The van der Waals surface area contributed by atoms with Crippen LogP contribution in [0.4, 0.5) is 11.4 Å². The normalized spacial score (nSPS) is 18.5. The summed E-state index contributed by atoms with van der Waals surface area (Å²) in [6.45, 7) is 1.20. The highest BCUT2D eigenvalue weighted by atomic mass is 16.6. The van der Waals surface area contributed by atoms with E-state index in [1.54, 1.807) is 24.5 Å². The van der Waals surface area contributed by atoms with Gasteiger partial charge >= 0.3 is 0 Å². The Bertz CT molecular complexity index is 915. The molecule has 9 nitrogen and oxygen atoms in total. The molecule has 2 heterocycles. The van der Waals surface area contributed by atoms with Crippen LogP contribution in [0.2, 0.25) is 0 Å². The number of nitro groups is 1. The standard InChI is InChI=1S/C20H25N5O4/c1-23-11-8-21-19(23)18(26)13-6-9-24(10-7-13)16-5-2-14(12-17(16)25(28)29)20(27)22-15-3-4-15/h2,5,8,11-13,15,18,26H,3-4,6-7,9-10H2,1H3,(H,22,27). The van der Waals surface area contributed by atoms with Crippen LogP contribution in [-0.4, -0.2) is 44.6 Å². The highest BCUT2D eigenvalue weighted by Gasteiger charge is 2.31. The van der Waals surface area contributed by atoms with Crippen LogP contribution in [0.5, 0.6) is 0 Å². The monoisotopic (exact) mass is 399 g/mol. The van der Waals surface area contributed by atoms with Crippen LogP contribution < -0.4 is 10.2 Å². The minimum atomic E-state index is -0.652. The van der Waals surface area contributed by atoms with Gasteiger partial charge in [-0.25, -0.2) is 4.98 Å². The minimum Gasteiger partial charge on any atom is -0.385 e. The molecule has 9 heteroatoms. The van der Waals surface area contributed by atoms with Gasteiger partial charge in [-0.3, -0.25) is 14.9 Å². The first-order valence-electron chi connectivity index (χ1n) is 9.93. The molecule has 1 atom stereocenters. The van der Waals surface area contributed by atoms with Crippen molar-refractivity contribution < 1.29 is 14.8 Å². The summed E-state index contributed by atoms with van der Waals surface area (Å²) in [6.07, 6.45) is 6.15. The van der Waals surface area contributed by atoms with Crippen molar-refractivity contribution in [1.29, 1.82) is 0 Å². The molecule has 1 unspecified atom stereocenters. The maximum absolute atomic E-state index is 12.2. The second kappa shape index (κ2) is 7.82. The number of aliphatic hydroxyl groups is 1.